The van der Waals surface area contributed by atoms with Crippen molar-refractivity contribution in [3.8, 4) is 0 Å². The number of hydrogen-bond donors (Lipinski definition) is 0. The van der Waals surface area contributed by atoms with Crippen LogP contribution in [0.2, 0.25) is 10.0 Å². The van der Waals surface area contributed by atoms with Crippen molar-refractivity contribution in [1.29, 1.82) is 0 Å². The van der Waals surface area contributed by atoms with Crippen LogP contribution in [0.3, 0.4) is 0 Å². The minimum absolute atomic E-state index is 0.0817. The normalized spacial score (nSPS) is 14.5. The molecule has 0 radical (unpaired) electrons. The number of esters is 1. The fraction of sp³-hybridized carbons (Fsp3) is 0.269. The van der Waals surface area contributed by atoms with Gasteiger partial charge in [-0.3, -0.25) is 9.21 Å². The van der Waals surface area contributed by atoms with E-state index in [1.165, 1.54) is 12.1 Å². The van der Waals surface area contributed by atoms with Gasteiger partial charge in [-0.15, -0.1) is 0 Å². The van der Waals surface area contributed by atoms with E-state index >= 15 is 0 Å². The molecule has 0 N–H and O–H groups in total. The molecule has 1 saturated heterocycles. The average molecular weight is 551 g/mol. The highest BCUT2D eigenvalue weighted by Crippen LogP contribution is 2.37. The van der Waals surface area contributed by atoms with E-state index in [9.17, 15) is 17.6 Å². The summed E-state index contributed by atoms with van der Waals surface area (Å²) in [5, 5.41) is 1.21. The van der Waals surface area contributed by atoms with E-state index in [0.29, 0.717) is 23.1 Å². The molecule has 3 aromatic rings. The van der Waals surface area contributed by atoms with Gasteiger partial charge < -0.3 is 4.74 Å². The second-order valence-corrected chi connectivity index (χ2v) is 11.3. The number of carbonyl (C=O) groups is 1. The molecule has 1 fully saturated rings. The number of nitrogens with zero attached hydrogens (tertiary/aromatic N) is 2. The summed E-state index contributed by atoms with van der Waals surface area (Å²) in [6, 6.07) is 17.8. The molecular weight excluding hydrogens is 526 g/mol. The topological polar surface area (TPSA) is 66.9 Å². The number of rotatable bonds is 8. The first-order valence-electron chi connectivity index (χ1n) is 11.3. The van der Waals surface area contributed by atoms with E-state index in [2.05, 4.69) is 4.90 Å². The zero-order valence-corrected chi connectivity index (χ0v) is 22.0. The van der Waals surface area contributed by atoms with Gasteiger partial charge in [-0.1, -0.05) is 47.5 Å². The van der Waals surface area contributed by atoms with E-state index < -0.39 is 27.9 Å². The third-order valence-electron chi connectivity index (χ3n) is 6.01. The van der Waals surface area contributed by atoms with Crippen LogP contribution in [0.25, 0.3) is 0 Å². The smallest absolute Gasteiger partial charge is 0.338 e. The van der Waals surface area contributed by atoms with Gasteiger partial charge in [0.15, 0.2) is 0 Å². The van der Waals surface area contributed by atoms with Crippen molar-refractivity contribution < 1.29 is 22.3 Å². The van der Waals surface area contributed by atoms with Crippen molar-refractivity contribution in [2.24, 2.45) is 0 Å². The molecule has 36 heavy (non-hydrogen) atoms. The Morgan fingerprint density at radius 1 is 1.03 bits per heavy atom. The second kappa shape index (κ2) is 10.8. The van der Waals surface area contributed by atoms with Crippen LogP contribution in [0.5, 0.6) is 0 Å². The largest absolute Gasteiger partial charge is 0.462 e. The van der Waals surface area contributed by atoms with Crippen LogP contribution in [0.15, 0.2) is 66.7 Å². The van der Waals surface area contributed by atoms with Crippen molar-refractivity contribution in [1.82, 2.24) is 4.90 Å². The van der Waals surface area contributed by atoms with Gasteiger partial charge in [0.05, 0.1) is 36.2 Å². The Kier molecular flexibility index (Phi) is 7.90. The number of ether oxygens (including phenoxy) is 1. The van der Waals surface area contributed by atoms with Gasteiger partial charge in [-0.25, -0.2) is 17.6 Å². The van der Waals surface area contributed by atoms with E-state index in [1.54, 1.807) is 31.2 Å². The number of benzene rings is 3. The Labute approximate surface area is 220 Å². The summed E-state index contributed by atoms with van der Waals surface area (Å²) in [5.74, 6) is -1.38. The van der Waals surface area contributed by atoms with Gasteiger partial charge in [0.1, 0.15) is 5.82 Å². The lowest BCUT2D eigenvalue weighted by atomic mass is 9.93. The number of carbonyl (C=O) groups excluding carboxylic acids is 1. The highest BCUT2D eigenvalue weighted by molar-refractivity contribution is 7.92. The highest BCUT2D eigenvalue weighted by Gasteiger charge is 2.41. The Morgan fingerprint density at radius 2 is 1.56 bits per heavy atom. The number of sulfonamides is 1. The Morgan fingerprint density at radius 3 is 2.03 bits per heavy atom. The molecule has 0 aromatic heterocycles. The summed E-state index contributed by atoms with van der Waals surface area (Å²) in [6.07, 6.45) is 1.03. The van der Waals surface area contributed by atoms with E-state index in [4.69, 9.17) is 27.9 Å². The average Bonchev–Trinajstić information content (AvgIpc) is 2.80. The third kappa shape index (κ3) is 5.67. The number of halogens is 3. The van der Waals surface area contributed by atoms with Crippen LogP contribution in [0, 0.1) is 5.82 Å². The molecule has 1 aliphatic rings. The molecule has 4 rings (SSSR count). The summed E-state index contributed by atoms with van der Waals surface area (Å²) >= 11 is 12.2. The van der Waals surface area contributed by atoms with Crippen LogP contribution in [0.1, 0.15) is 34.5 Å². The first-order chi connectivity index (χ1) is 17.1. The van der Waals surface area contributed by atoms with Crippen molar-refractivity contribution >= 4 is 44.9 Å². The molecule has 0 atom stereocenters. The molecule has 0 bridgehead atoms. The zero-order chi connectivity index (χ0) is 26.0. The maximum Gasteiger partial charge on any atom is 0.338 e. The predicted octanol–water partition coefficient (Wildman–Crippen LogP) is 5.55. The third-order valence-corrected chi connectivity index (χ3v) is 7.72. The van der Waals surface area contributed by atoms with Crippen LogP contribution >= 0.6 is 23.2 Å². The van der Waals surface area contributed by atoms with Crippen LogP contribution < -0.4 is 4.31 Å². The van der Waals surface area contributed by atoms with Crippen molar-refractivity contribution in [3.63, 3.8) is 0 Å². The van der Waals surface area contributed by atoms with Gasteiger partial charge in [-0.05, 0) is 60.5 Å². The van der Waals surface area contributed by atoms with Crippen LogP contribution in [-0.4, -0.2) is 51.3 Å². The maximum atomic E-state index is 14.9. The molecule has 0 spiro atoms. The summed E-state index contributed by atoms with van der Waals surface area (Å²) in [6.45, 7) is 2.49. The fourth-order valence-corrected chi connectivity index (χ4v) is 5.84. The summed E-state index contributed by atoms with van der Waals surface area (Å²) in [7, 11) is -3.87. The van der Waals surface area contributed by atoms with Crippen molar-refractivity contribution in [3.05, 3.63) is 99.3 Å². The molecule has 0 amide bonds. The molecule has 10 heteroatoms. The highest BCUT2D eigenvalue weighted by atomic mass is 35.5. The monoisotopic (exact) mass is 550 g/mol. The summed E-state index contributed by atoms with van der Waals surface area (Å²) < 4.78 is 46.6. The SMILES string of the molecule is CCOC(=O)c1ccc(F)c(N(C2CN(C(c3ccc(Cl)cc3)c3ccc(Cl)cc3)C2)S(C)(=O)=O)c1. The fourth-order valence-electron chi connectivity index (χ4n) is 4.42. The molecule has 1 heterocycles. The van der Waals surface area contributed by atoms with E-state index in [1.807, 2.05) is 24.3 Å². The quantitative estimate of drug-likeness (QED) is 0.344. The van der Waals surface area contributed by atoms with Gasteiger partial charge in [0, 0.05) is 23.1 Å². The number of hydrogen-bond acceptors (Lipinski definition) is 5. The molecule has 1 aliphatic heterocycles. The molecule has 6 nitrogen and oxygen atoms in total. The summed E-state index contributed by atoms with van der Waals surface area (Å²) in [4.78, 5) is 14.3. The van der Waals surface area contributed by atoms with Crippen molar-refractivity contribution in [2.45, 2.75) is 19.0 Å². The Balaban J connectivity index is 1.65. The predicted molar refractivity (Wildman–Crippen MR) is 140 cm³/mol. The minimum Gasteiger partial charge on any atom is -0.462 e. The summed E-state index contributed by atoms with van der Waals surface area (Å²) in [5.41, 5.74) is 1.85. The first-order valence-corrected chi connectivity index (χ1v) is 13.9. The second-order valence-electron chi connectivity index (χ2n) is 8.56. The molecule has 0 saturated carbocycles. The van der Waals surface area contributed by atoms with Crippen molar-refractivity contribution in [2.75, 3.05) is 30.3 Å². The van der Waals surface area contributed by atoms with Crippen LogP contribution in [-0.2, 0) is 14.8 Å². The molecule has 190 valence electrons. The Hall–Kier alpha value is -2.65. The standard InChI is InChI=1S/C26H25Cl2FN2O4S/c1-3-35-26(32)19-8-13-23(29)24(14-19)31(36(2,33)34)22-15-30(16-22)25(17-4-9-20(27)10-5-17)18-6-11-21(28)12-7-18/h4-14,22,25H,3,15-16H2,1-2H3. The lowest BCUT2D eigenvalue weighted by molar-refractivity contribution is 0.0526. The number of anilines is 1. The molecular formula is C26H25Cl2FN2O4S. The van der Waals surface area contributed by atoms with Gasteiger partial charge in [-0.2, -0.15) is 0 Å². The van der Waals surface area contributed by atoms with E-state index in [-0.39, 0.29) is 23.9 Å². The minimum atomic E-state index is -3.87. The molecule has 0 unspecified atom stereocenters. The van der Waals surface area contributed by atoms with Gasteiger partial charge in [0.2, 0.25) is 10.0 Å². The Bertz CT molecular complexity index is 1300. The van der Waals surface area contributed by atoms with E-state index in [0.717, 1.165) is 27.8 Å². The maximum absolute atomic E-state index is 14.9. The van der Waals surface area contributed by atoms with Crippen LogP contribution in [0.4, 0.5) is 10.1 Å². The lowest BCUT2D eigenvalue weighted by Gasteiger charge is -2.48. The van der Waals surface area contributed by atoms with Gasteiger partial charge in [0.25, 0.3) is 0 Å². The zero-order valence-electron chi connectivity index (χ0n) is 19.7. The first kappa shape index (κ1) is 26.4. The van der Waals surface area contributed by atoms with Gasteiger partial charge >= 0.3 is 5.97 Å². The number of likely N-dealkylation sites (tertiary alicyclic amines) is 1. The molecule has 0 aliphatic carbocycles. The lowest BCUT2D eigenvalue weighted by Crippen LogP contribution is -2.61. The molecule has 3 aromatic carbocycles.